The van der Waals surface area contributed by atoms with Crippen LogP contribution in [0.4, 0.5) is 5.82 Å². The average molecular weight is 356 g/mol. The van der Waals surface area contributed by atoms with Crippen LogP contribution in [0.3, 0.4) is 0 Å². The number of anilines is 1. The van der Waals surface area contributed by atoms with Gasteiger partial charge in [-0.3, -0.25) is 9.59 Å². The molecule has 4 rings (SSSR count). The second-order valence-electron chi connectivity index (χ2n) is 6.67. The van der Waals surface area contributed by atoms with Crippen LogP contribution in [0.5, 0.6) is 11.8 Å². The van der Waals surface area contributed by atoms with Crippen molar-refractivity contribution >= 4 is 17.6 Å². The van der Waals surface area contributed by atoms with Gasteiger partial charge in [0.2, 0.25) is 5.91 Å². The lowest BCUT2D eigenvalue weighted by atomic mass is 9.95. The Bertz CT molecular complexity index is 817. The van der Waals surface area contributed by atoms with Crippen molar-refractivity contribution in [2.75, 3.05) is 5.32 Å². The number of fused-ring (bicyclic) bond motifs is 2. The summed E-state index contributed by atoms with van der Waals surface area (Å²) in [6.07, 6.45) is 4.63. The lowest BCUT2D eigenvalue weighted by Crippen LogP contribution is -2.42. The zero-order chi connectivity index (χ0) is 18.1. The number of amides is 2. The number of nitrogens with one attached hydrogen (secondary N) is 3. The van der Waals surface area contributed by atoms with Gasteiger partial charge < -0.3 is 25.1 Å². The van der Waals surface area contributed by atoms with E-state index in [1.165, 1.54) is 19.6 Å². The first-order valence-electron chi connectivity index (χ1n) is 8.65. The van der Waals surface area contributed by atoms with Gasteiger partial charge in [-0.15, -0.1) is 0 Å². The van der Waals surface area contributed by atoms with Crippen LogP contribution in [0.1, 0.15) is 36.5 Å². The van der Waals surface area contributed by atoms with Gasteiger partial charge in [-0.05, 0) is 43.5 Å². The Balaban J connectivity index is 1.35. The highest BCUT2D eigenvalue weighted by molar-refractivity contribution is 5.94. The van der Waals surface area contributed by atoms with Gasteiger partial charge in [0, 0.05) is 30.6 Å². The fourth-order valence-corrected chi connectivity index (χ4v) is 3.55. The summed E-state index contributed by atoms with van der Waals surface area (Å²) in [5, 5.41) is 9.11. The molecule has 2 aliphatic heterocycles. The maximum atomic E-state index is 12.4. The Hall–Kier alpha value is -2.87. The third kappa shape index (κ3) is 3.55. The Morgan fingerprint density at radius 3 is 2.73 bits per heavy atom. The zero-order valence-electron chi connectivity index (χ0n) is 14.3. The highest BCUT2D eigenvalue weighted by Gasteiger charge is 2.39. The standard InChI is InChI=1S/C18H20N4O4/c1-10(23)19-16-9-25-18(22-16)26-13-5-2-11(3-6-13)17(24)21-15-8-12-4-7-14(15)20-12/h2-3,5-6,9,12,14-15,20H,4,7-8H2,1H3,(H,19,23)(H,21,24)/t12-,14+,15-/m1/s1. The van der Waals surface area contributed by atoms with Crippen LogP contribution in [-0.4, -0.2) is 34.9 Å². The number of benzene rings is 1. The fourth-order valence-electron chi connectivity index (χ4n) is 3.55. The van der Waals surface area contributed by atoms with Gasteiger partial charge in [0.05, 0.1) is 0 Å². The van der Waals surface area contributed by atoms with Crippen molar-refractivity contribution in [3.8, 4) is 11.8 Å². The first kappa shape index (κ1) is 16.6. The summed E-state index contributed by atoms with van der Waals surface area (Å²) in [6.45, 7) is 1.38. The molecule has 2 aromatic rings. The maximum absolute atomic E-state index is 12.4. The lowest BCUT2D eigenvalue weighted by Gasteiger charge is -2.21. The predicted molar refractivity (Wildman–Crippen MR) is 93.1 cm³/mol. The number of nitrogens with zero attached hydrogens (tertiary/aromatic N) is 1. The van der Waals surface area contributed by atoms with Crippen LogP contribution < -0.4 is 20.7 Å². The fraction of sp³-hybridized carbons (Fsp3) is 0.389. The van der Waals surface area contributed by atoms with Crippen molar-refractivity contribution in [1.29, 1.82) is 0 Å². The van der Waals surface area contributed by atoms with Gasteiger partial charge in [0.15, 0.2) is 5.82 Å². The summed E-state index contributed by atoms with van der Waals surface area (Å²) in [5.74, 6) is 0.438. The average Bonchev–Trinajstić information content (AvgIpc) is 3.32. The van der Waals surface area contributed by atoms with Crippen molar-refractivity contribution in [2.24, 2.45) is 0 Å². The predicted octanol–water partition coefficient (Wildman–Crippen LogP) is 2.05. The van der Waals surface area contributed by atoms with Crippen molar-refractivity contribution in [3.05, 3.63) is 36.1 Å². The number of hydrogen-bond donors (Lipinski definition) is 3. The summed E-state index contributed by atoms with van der Waals surface area (Å²) in [5.41, 5.74) is 0.575. The summed E-state index contributed by atoms with van der Waals surface area (Å²) < 4.78 is 10.6. The molecule has 26 heavy (non-hydrogen) atoms. The van der Waals surface area contributed by atoms with Crippen molar-refractivity contribution in [3.63, 3.8) is 0 Å². The van der Waals surface area contributed by atoms with Crippen LogP contribution in [-0.2, 0) is 4.79 Å². The van der Waals surface area contributed by atoms with Gasteiger partial charge in [0.25, 0.3) is 5.91 Å². The van der Waals surface area contributed by atoms with E-state index >= 15 is 0 Å². The Kier molecular flexibility index (Phi) is 4.34. The van der Waals surface area contributed by atoms with Gasteiger partial charge in [-0.2, -0.15) is 4.98 Å². The topological polar surface area (TPSA) is 105 Å². The molecule has 2 bridgehead atoms. The molecule has 1 aromatic carbocycles. The van der Waals surface area contributed by atoms with E-state index in [1.54, 1.807) is 24.3 Å². The minimum Gasteiger partial charge on any atom is -0.415 e. The molecular formula is C18H20N4O4. The molecule has 2 aliphatic rings. The van der Waals surface area contributed by atoms with Crippen LogP contribution in [0.2, 0.25) is 0 Å². The van der Waals surface area contributed by atoms with E-state index in [4.69, 9.17) is 9.15 Å². The molecule has 3 N–H and O–H groups in total. The molecule has 0 aliphatic carbocycles. The number of ether oxygens (including phenoxy) is 1. The van der Waals surface area contributed by atoms with E-state index in [2.05, 4.69) is 20.9 Å². The molecule has 136 valence electrons. The normalized spacial score (nSPS) is 23.7. The molecule has 0 unspecified atom stereocenters. The highest BCUT2D eigenvalue weighted by Crippen LogP contribution is 2.28. The number of hydrogen-bond acceptors (Lipinski definition) is 6. The van der Waals surface area contributed by atoms with Crippen LogP contribution in [0, 0.1) is 0 Å². The lowest BCUT2D eigenvalue weighted by molar-refractivity contribution is -0.114. The summed E-state index contributed by atoms with van der Waals surface area (Å²) >= 11 is 0. The first-order valence-corrected chi connectivity index (χ1v) is 8.65. The van der Waals surface area contributed by atoms with E-state index in [-0.39, 0.29) is 29.8 Å². The van der Waals surface area contributed by atoms with E-state index in [0.29, 0.717) is 23.4 Å². The molecule has 2 fully saturated rings. The van der Waals surface area contributed by atoms with E-state index < -0.39 is 0 Å². The minimum absolute atomic E-state index is 0.0130. The molecule has 0 saturated carbocycles. The van der Waals surface area contributed by atoms with E-state index in [1.807, 2.05) is 0 Å². The maximum Gasteiger partial charge on any atom is 0.401 e. The van der Waals surface area contributed by atoms with Gasteiger partial charge >= 0.3 is 6.08 Å². The molecule has 8 heteroatoms. The van der Waals surface area contributed by atoms with Gasteiger partial charge in [-0.25, -0.2) is 0 Å². The van der Waals surface area contributed by atoms with Crippen molar-refractivity contribution in [1.82, 2.24) is 15.6 Å². The Labute approximate surface area is 150 Å². The highest BCUT2D eigenvalue weighted by atomic mass is 16.6. The summed E-state index contributed by atoms with van der Waals surface area (Å²) in [7, 11) is 0. The second kappa shape index (κ2) is 6.80. The summed E-state index contributed by atoms with van der Waals surface area (Å²) in [4.78, 5) is 27.4. The van der Waals surface area contributed by atoms with Crippen molar-refractivity contribution < 1.29 is 18.7 Å². The molecule has 2 saturated heterocycles. The molecule has 0 spiro atoms. The largest absolute Gasteiger partial charge is 0.415 e. The van der Waals surface area contributed by atoms with Gasteiger partial charge in [0.1, 0.15) is 12.0 Å². The molecule has 2 amide bonds. The monoisotopic (exact) mass is 356 g/mol. The molecule has 0 radical (unpaired) electrons. The first-order chi connectivity index (χ1) is 12.6. The minimum atomic E-state index is -0.245. The van der Waals surface area contributed by atoms with E-state index in [0.717, 1.165) is 12.8 Å². The number of carbonyl (C=O) groups excluding carboxylic acids is 2. The SMILES string of the molecule is CC(=O)Nc1coc(Oc2ccc(C(=O)N[C@@H]3C[C@H]4CC[C@@H]3N4)cc2)n1. The molecule has 1 aromatic heterocycles. The van der Waals surface area contributed by atoms with E-state index in [9.17, 15) is 9.59 Å². The third-order valence-corrected chi connectivity index (χ3v) is 4.73. The number of oxazole rings is 1. The summed E-state index contributed by atoms with van der Waals surface area (Å²) in [6, 6.07) is 7.90. The zero-order valence-corrected chi connectivity index (χ0v) is 14.3. The number of aromatic nitrogens is 1. The Morgan fingerprint density at radius 1 is 1.27 bits per heavy atom. The molecule has 3 heterocycles. The van der Waals surface area contributed by atoms with Gasteiger partial charge in [-0.1, -0.05) is 0 Å². The third-order valence-electron chi connectivity index (χ3n) is 4.73. The number of rotatable bonds is 5. The molecule has 8 nitrogen and oxygen atoms in total. The van der Waals surface area contributed by atoms with Crippen LogP contribution in [0.25, 0.3) is 0 Å². The smallest absolute Gasteiger partial charge is 0.401 e. The Morgan fingerprint density at radius 2 is 2.08 bits per heavy atom. The second-order valence-corrected chi connectivity index (χ2v) is 6.67. The van der Waals surface area contributed by atoms with Crippen LogP contribution >= 0.6 is 0 Å². The molecular weight excluding hydrogens is 336 g/mol. The number of carbonyl (C=O) groups is 2. The van der Waals surface area contributed by atoms with Crippen molar-refractivity contribution in [2.45, 2.75) is 44.3 Å². The van der Waals surface area contributed by atoms with Crippen LogP contribution in [0.15, 0.2) is 34.9 Å². The quantitative estimate of drug-likeness (QED) is 0.757. The molecule has 3 atom stereocenters.